The van der Waals surface area contributed by atoms with E-state index >= 15 is 0 Å². The second-order valence-electron chi connectivity index (χ2n) is 5.90. The fourth-order valence-electron chi connectivity index (χ4n) is 3.92. The Balaban J connectivity index is 1.78. The Bertz CT molecular complexity index is 460. The molecule has 2 nitrogen and oxygen atoms in total. The number of aliphatic hydroxyl groups excluding tert-OH is 1. The van der Waals surface area contributed by atoms with Crippen molar-refractivity contribution in [2.24, 2.45) is 17.8 Å². The van der Waals surface area contributed by atoms with Gasteiger partial charge in [0.05, 0.1) is 12.7 Å². The Kier molecular flexibility index (Phi) is 3.86. The normalized spacial score (nSPS) is 30.6. The Labute approximate surface area is 123 Å². The summed E-state index contributed by atoms with van der Waals surface area (Å²) in [6.45, 7) is 2.65. The zero-order valence-corrected chi connectivity index (χ0v) is 12.9. The topological polar surface area (TPSA) is 29.5 Å². The van der Waals surface area contributed by atoms with Gasteiger partial charge in [-0.3, -0.25) is 0 Å². The maximum Gasteiger partial charge on any atom is 0.120 e. The van der Waals surface area contributed by atoms with Crippen LogP contribution < -0.4 is 4.74 Å². The molecule has 0 aliphatic heterocycles. The number of hydrogen-bond donors (Lipinski definition) is 1. The van der Waals surface area contributed by atoms with Gasteiger partial charge in [-0.25, -0.2) is 0 Å². The predicted molar refractivity (Wildman–Crippen MR) is 79.2 cm³/mol. The van der Waals surface area contributed by atoms with Gasteiger partial charge in [-0.15, -0.1) is 0 Å². The summed E-state index contributed by atoms with van der Waals surface area (Å²) in [4.78, 5) is 0. The molecule has 1 aromatic rings. The zero-order valence-electron chi connectivity index (χ0n) is 11.3. The Morgan fingerprint density at radius 1 is 1.37 bits per heavy atom. The van der Waals surface area contributed by atoms with Gasteiger partial charge in [-0.1, -0.05) is 28.4 Å². The van der Waals surface area contributed by atoms with E-state index < -0.39 is 0 Å². The standard InChI is InChI=1S/C16H21BrO2/c1-2-19-12-5-6-13(15(17)9-12)16(18)14-8-10-3-4-11(14)7-10/h5-6,9-11,14,16,18H,2-4,7-8H2,1H3. The number of hydrogen-bond acceptors (Lipinski definition) is 2. The Morgan fingerprint density at radius 2 is 2.21 bits per heavy atom. The van der Waals surface area contributed by atoms with Crippen LogP contribution in [0, 0.1) is 17.8 Å². The van der Waals surface area contributed by atoms with Gasteiger partial charge in [0.15, 0.2) is 0 Å². The summed E-state index contributed by atoms with van der Waals surface area (Å²) >= 11 is 3.58. The molecule has 19 heavy (non-hydrogen) atoms. The largest absolute Gasteiger partial charge is 0.494 e. The van der Waals surface area contributed by atoms with Crippen molar-refractivity contribution < 1.29 is 9.84 Å². The summed E-state index contributed by atoms with van der Waals surface area (Å²) in [7, 11) is 0. The lowest BCUT2D eigenvalue weighted by Crippen LogP contribution is -2.19. The van der Waals surface area contributed by atoms with Crippen LogP contribution in [0.3, 0.4) is 0 Å². The maximum absolute atomic E-state index is 10.7. The second kappa shape index (κ2) is 5.45. The average Bonchev–Trinajstić information content (AvgIpc) is 3.01. The third kappa shape index (κ3) is 2.55. The molecule has 3 rings (SSSR count). The number of fused-ring (bicyclic) bond motifs is 2. The Morgan fingerprint density at radius 3 is 2.79 bits per heavy atom. The van der Waals surface area contributed by atoms with Crippen molar-refractivity contribution in [1.82, 2.24) is 0 Å². The number of aliphatic hydroxyl groups is 1. The first-order chi connectivity index (χ1) is 9.19. The fraction of sp³-hybridized carbons (Fsp3) is 0.625. The molecule has 104 valence electrons. The number of halogens is 1. The highest BCUT2D eigenvalue weighted by Crippen LogP contribution is 2.53. The van der Waals surface area contributed by atoms with Crippen LogP contribution in [-0.2, 0) is 0 Å². The third-order valence-corrected chi connectivity index (χ3v) is 5.49. The molecule has 2 aliphatic carbocycles. The molecular formula is C16H21BrO2. The highest BCUT2D eigenvalue weighted by atomic mass is 79.9. The third-order valence-electron chi connectivity index (χ3n) is 4.80. The highest BCUT2D eigenvalue weighted by molar-refractivity contribution is 9.10. The SMILES string of the molecule is CCOc1ccc(C(O)C2CC3CCC2C3)c(Br)c1. The molecule has 2 fully saturated rings. The molecule has 2 aliphatic rings. The fourth-order valence-corrected chi connectivity index (χ4v) is 4.51. The number of ether oxygens (including phenoxy) is 1. The number of benzene rings is 1. The van der Waals surface area contributed by atoms with E-state index in [1.165, 1.54) is 25.7 Å². The molecule has 0 aromatic heterocycles. The van der Waals surface area contributed by atoms with Crippen molar-refractivity contribution in [3.8, 4) is 5.75 Å². The van der Waals surface area contributed by atoms with Crippen molar-refractivity contribution >= 4 is 15.9 Å². The minimum Gasteiger partial charge on any atom is -0.494 e. The van der Waals surface area contributed by atoms with E-state index in [1.807, 2.05) is 25.1 Å². The van der Waals surface area contributed by atoms with E-state index in [9.17, 15) is 5.11 Å². The van der Waals surface area contributed by atoms with Crippen molar-refractivity contribution in [2.75, 3.05) is 6.61 Å². The van der Waals surface area contributed by atoms with E-state index in [-0.39, 0.29) is 6.10 Å². The summed E-state index contributed by atoms with van der Waals surface area (Å²) < 4.78 is 6.45. The average molecular weight is 325 g/mol. The van der Waals surface area contributed by atoms with Gasteiger partial charge in [0.1, 0.15) is 5.75 Å². The van der Waals surface area contributed by atoms with Crippen molar-refractivity contribution in [3.63, 3.8) is 0 Å². The van der Waals surface area contributed by atoms with Crippen molar-refractivity contribution in [3.05, 3.63) is 28.2 Å². The van der Waals surface area contributed by atoms with Crippen LogP contribution in [0.5, 0.6) is 5.75 Å². The lowest BCUT2D eigenvalue weighted by molar-refractivity contribution is 0.0739. The van der Waals surface area contributed by atoms with Gasteiger partial charge in [-0.05, 0) is 61.6 Å². The van der Waals surface area contributed by atoms with Gasteiger partial charge in [-0.2, -0.15) is 0 Å². The van der Waals surface area contributed by atoms with Crippen LogP contribution in [0.1, 0.15) is 44.3 Å². The minimum absolute atomic E-state index is 0.333. The maximum atomic E-state index is 10.7. The van der Waals surface area contributed by atoms with E-state index in [0.29, 0.717) is 12.5 Å². The molecule has 3 heteroatoms. The molecule has 0 heterocycles. The zero-order chi connectivity index (χ0) is 13.4. The molecule has 0 spiro atoms. The van der Waals surface area contributed by atoms with Gasteiger partial charge < -0.3 is 9.84 Å². The molecular weight excluding hydrogens is 304 g/mol. The van der Waals surface area contributed by atoms with Crippen molar-refractivity contribution in [2.45, 2.75) is 38.7 Å². The van der Waals surface area contributed by atoms with Gasteiger partial charge in [0.25, 0.3) is 0 Å². The van der Waals surface area contributed by atoms with E-state index in [4.69, 9.17) is 4.74 Å². The molecule has 2 saturated carbocycles. The summed E-state index contributed by atoms with van der Waals surface area (Å²) in [5.41, 5.74) is 1.01. The van der Waals surface area contributed by atoms with Gasteiger partial charge in [0.2, 0.25) is 0 Å². The first kappa shape index (κ1) is 13.4. The lowest BCUT2D eigenvalue weighted by atomic mass is 9.82. The second-order valence-corrected chi connectivity index (χ2v) is 6.75. The van der Waals surface area contributed by atoms with Gasteiger partial charge >= 0.3 is 0 Å². The number of rotatable bonds is 4. The molecule has 0 radical (unpaired) electrons. The van der Waals surface area contributed by atoms with E-state index in [1.54, 1.807) is 0 Å². The quantitative estimate of drug-likeness (QED) is 0.893. The monoisotopic (exact) mass is 324 g/mol. The van der Waals surface area contributed by atoms with Gasteiger partial charge in [0, 0.05) is 4.47 Å². The predicted octanol–water partition coefficient (Wildman–Crippen LogP) is 4.32. The van der Waals surface area contributed by atoms with Crippen LogP contribution >= 0.6 is 15.9 Å². The van der Waals surface area contributed by atoms with Crippen LogP contribution in [-0.4, -0.2) is 11.7 Å². The van der Waals surface area contributed by atoms with Crippen molar-refractivity contribution in [1.29, 1.82) is 0 Å². The van der Waals surface area contributed by atoms with Crippen LogP contribution in [0.15, 0.2) is 22.7 Å². The minimum atomic E-state index is -0.333. The summed E-state index contributed by atoms with van der Waals surface area (Å²) in [5.74, 6) is 2.91. The molecule has 2 bridgehead atoms. The summed E-state index contributed by atoms with van der Waals surface area (Å²) in [6, 6.07) is 5.93. The molecule has 1 N–H and O–H groups in total. The molecule has 4 unspecified atom stereocenters. The lowest BCUT2D eigenvalue weighted by Gasteiger charge is -2.27. The first-order valence-corrected chi connectivity index (χ1v) is 8.08. The molecule has 0 amide bonds. The van der Waals surface area contributed by atoms with Crippen LogP contribution in [0.25, 0.3) is 0 Å². The first-order valence-electron chi connectivity index (χ1n) is 7.29. The summed E-state index contributed by atoms with van der Waals surface area (Å²) in [6.07, 6.45) is 4.88. The molecule has 1 aromatic carbocycles. The molecule has 0 saturated heterocycles. The highest BCUT2D eigenvalue weighted by Gasteiger charge is 2.43. The summed E-state index contributed by atoms with van der Waals surface area (Å²) in [5, 5.41) is 10.7. The van der Waals surface area contributed by atoms with E-state index in [0.717, 1.165) is 27.6 Å². The smallest absolute Gasteiger partial charge is 0.120 e. The van der Waals surface area contributed by atoms with E-state index in [2.05, 4.69) is 15.9 Å². The Hall–Kier alpha value is -0.540. The molecule has 4 atom stereocenters. The van der Waals surface area contributed by atoms with Crippen LogP contribution in [0.4, 0.5) is 0 Å². The van der Waals surface area contributed by atoms with Crippen LogP contribution in [0.2, 0.25) is 0 Å².